The lowest BCUT2D eigenvalue weighted by Crippen LogP contribution is -2.55. The highest BCUT2D eigenvalue weighted by Crippen LogP contribution is 2.40. The lowest BCUT2D eigenvalue weighted by molar-refractivity contribution is -0.139. The number of nitrogens with zero attached hydrogens (tertiary/aromatic N) is 1. The largest absolute Gasteiger partial charge is 0.396 e. The second-order valence-electron chi connectivity index (χ2n) is 7.72. The van der Waals surface area contributed by atoms with E-state index in [1.165, 1.54) is 25.7 Å². The number of hydrogen-bond acceptors (Lipinski definition) is 3. The third-order valence-electron chi connectivity index (χ3n) is 4.72. The maximum atomic E-state index is 9.93. The summed E-state index contributed by atoms with van der Waals surface area (Å²) in [4.78, 5) is 2.52. The molecule has 1 N–H and O–H groups in total. The van der Waals surface area contributed by atoms with Crippen LogP contribution in [0.1, 0.15) is 53.4 Å². The van der Waals surface area contributed by atoms with Gasteiger partial charge in [0.2, 0.25) is 0 Å². The molecule has 1 heterocycles. The Balaban J connectivity index is 2.01. The van der Waals surface area contributed by atoms with Crippen molar-refractivity contribution in [2.45, 2.75) is 65.1 Å². The van der Waals surface area contributed by atoms with Gasteiger partial charge >= 0.3 is 0 Å². The van der Waals surface area contributed by atoms with E-state index in [4.69, 9.17) is 4.74 Å². The fraction of sp³-hybridized carbons (Fsp3) is 1.00. The normalized spacial score (nSPS) is 40.3. The molecular weight excluding hydrogens is 238 g/mol. The van der Waals surface area contributed by atoms with Crippen LogP contribution in [0.3, 0.4) is 0 Å². The van der Waals surface area contributed by atoms with Crippen molar-refractivity contribution in [3.8, 4) is 0 Å². The Labute approximate surface area is 118 Å². The van der Waals surface area contributed by atoms with E-state index in [1.54, 1.807) is 0 Å². The van der Waals surface area contributed by atoms with Crippen LogP contribution in [0, 0.1) is 11.3 Å². The SMILES string of the molecule is CC1CCCC(CO)(CN2CC(C)OC(C)(C)C2)C1. The van der Waals surface area contributed by atoms with Gasteiger partial charge in [-0.05, 0) is 39.5 Å². The van der Waals surface area contributed by atoms with Crippen molar-refractivity contribution in [3.05, 3.63) is 0 Å². The lowest BCUT2D eigenvalue weighted by atomic mass is 9.70. The highest BCUT2D eigenvalue weighted by Gasteiger charge is 2.39. The van der Waals surface area contributed by atoms with E-state index in [0.717, 1.165) is 25.6 Å². The predicted octanol–water partition coefficient (Wildman–Crippen LogP) is 2.67. The summed E-state index contributed by atoms with van der Waals surface area (Å²) in [5.41, 5.74) is 0.0689. The monoisotopic (exact) mass is 269 g/mol. The van der Waals surface area contributed by atoms with Gasteiger partial charge in [0, 0.05) is 31.7 Å². The number of aliphatic hydroxyl groups excluding tert-OH is 1. The summed E-state index contributed by atoms with van der Waals surface area (Å²) in [5, 5.41) is 9.93. The van der Waals surface area contributed by atoms with Gasteiger partial charge < -0.3 is 9.84 Å². The van der Waals surface area contributed by atoms with Crippen molar-refractivity contribution < 1.29 is 9.84 Å². The zero-order valence-corrected chi connectivity index (χ0v) is 13.1. The first-order valence-corrected chi connectivity index (χ1v) is 7.85. The van der Waals surface area contributed by atoms with Crippen LogP contribution in [-0.2, 0) is 4.74 Å². The minimum atomic E-state index is -0.0609. The molecule has 0 aromatic rings. The molecule has 19 heavy (non-hydrogen) atoms. The standard InChI is InChI=1S/C16H31NO2/c1-13-6-5-7-16(8-13,12-18)11-17-9-14(2)19-15(3,4)10-17/h13-14,18H,5-12H2,1-4H3. The van der Waals surface area contributed by atoms with E-state index in [-0.39, 0.29) is 11.0 Å². The maximum Gasteiger partial charge on any atom is 0.0757 e. The molecule has 1 saturated carbocycles. The molecule has 1 aliphatic heterocycles. The molecule has 0 spiro atoms. The van der Waals surface area contributed by atoms with E-state index in [9.17, 15) is 5.11 Å². The zero-order valence-electron chi connectivity index (χ0n) is 13.1. The van der Waals surface area contributed by atoms with Gasteiger partial charge in [-0.3, -0.25) is 4.90 Å². The van der Waals surface area contributed by atoms with Crippen LogP contribution < -0.4 is 0 Å². The van der Waals surface area contributed by atoms with Crippen molar-refractivity contribution in [2.75, 3.05) is 26.2 Å². The first-order chi connectivity index (χ1) is 8.84. The highest BCUT2D eigenvalue weighted by molar-refractivity contribution is 4.91. The molecule has 0 aromatic carbocycles. The molecule has 2 rings (SSSR count). The van der Waals surface area contributed by atoms with Crippen LogP contribution in [0.15, 0.2) is 0 Å². The molecule has 112 valence electrons. The Morgan fingerprint density at radius 3 is 2.63 bits per heavy atom. The van der Waals surface area contributed by atoms with Gasteiger partial charge in [-0.15, -0.1) is 0 Å². The van der Waals surface area contributed by atoms with E-state index < -0.39 is 0 Å². The van der Waals surface area contributed by atoms with E-state index in [1.807, 2.05) is 0 Å². The summed E-state index contributed by atoms with van der Waals surface area (Å²) in [7, 11) is 0. The molecule has 0 radical (unpaired) electrons. The summed E-state index contributed by atoms with van der Waals surface area (Å²) in [6.07, 6.45) is 5.24. The van der Waals surface area contributed by atoms with E-state index in [2.05, 4.69) is 32.6 Å². The van der Waals surface area contributed by atoms with Crippen molar-refractivity contribution in [2.24, 2.45) is 11.3 Å². The topological polar surface area (TPSA) is 32.7 Å². The molecule has 3 atom stereocenters. The van der Waals surface area contributed by atoms with E-state index in [0.29, 0.717) is 12.7 Å². The molecule has 3 nitrogen and oxygen atoms in total. The number of rotatable bonds is 3. The van der Waals surface area contributed by atoms with Crippen molar-refractivity contribution in [1.82, 2.24) is 4.90 Å². The van der Waals surface area contributed by atoms with Crippen LogP contribution in [0.5, 0.6) is 0 Å². The first-order valence-electron chi connectivity index (χ1n) is 7.85. The third kappa shape index (κ3) is 3.93. The van der Waals surface area contributed by atoms with Gasteiger partial charge in [0.25, 0.3) is 0 Å². The molecule has 0 bridgehead atoms. The smallest absolute Gasteiger partial charge is 0.0757 e. The Bertz CT molecular complexity index is 305. The van der Waals surface area contributed by atoms with Crippen LogP contribution in [0.25, 0.3) is 0 Å². The quantitative estimate of drug-likeness (QED) is 0.855. The van der Waals surface area contributed by atoms with Gasteiger partial charge in [0.15, 0.2) is 0 Å². The molecule has 2 aliphatic rings. The zero-order chi connectivity index (χ0) is 14.1. The van der Waals surface area contributed by atoms with Gasteiger partial charge in [0.1, 0.15) is 0 Å². The molecule has 0 amide bonds. The average Bonchev–Trinajstić information content (AvgIpc) is 2.25. The summed E-state index contributed by atoms with van der Waals surface area (Å²) < 4.78 is 5.98. The number of ether oxygens (including phenoxy) is 1. The highest BCUT2D eigenvalue weighted by atomic mass is 16.5. The fourth-order valence-electron chi connectivity index (χ4n) is 4.29. The minimum absolute atomic E-state index is 0.0609. The Morgan fingerprint density at radius 2 is 2.05 bits per heavy atom. The maximum absolute atomic E-state index is 9.93. The van der Waals surface area contributed by atoms with Crippen molar-refractivity contribution >= 4 is 0 Å². The van der Waals surface area contributed by atoms with Crippen LogP contribution in [-0.4, -0.2) is 48.0 Å². The van der Waals surface area contributed by atoms with Gasteiger partial charge in [0.05, 0.1) is 11.7 Å². The minimum Gasteiger partial charge on any atom is -0.396 e. The van der Waals surface area contributed by atoms with Gasteiger partial charge in [-0.2, -0.15) is 0 Å². The Morgan fingerprint density at radius 1 is 1.32 bits per heavy atom. The molecular formula is C16H31NO2. The first kappa shape index (κ1) is 15.3. The molecule has 3 unspecified atom stereocenters. The lowest BCUT2D eigenvalue weighted by Gasteiger charge is -2.47. The molecule has 0 aromatic heterocycles. The predicted molar refractivity (Wildman–Crippen MR) is 78.2 cm³/mol. The van der Waals surface area contributed by atoms with E-state index >= 15 is 0 Å². The van der Waals surface area contributed by atoms with Crippen LogP contribution >= 0.6 is 0 Å². The Kier molecular flexibility index (Phi) is 4.59. The van der Waals surface area contributed by atoms with Gasteiger partial charge in [-0.25, -0.2) is 0 Å². The van der Waals surface area contributed by atoms with Crippen molar-refractivity contribution in [3.63, 3.8) is 0 Å². The fourth-order valence-corrected chi connectivity index (χ4v) is 4.29. The van der Waals surface area contributed by atoms with Gasteiger partial charge in [-0.1, -0.05) is 19.8 Å². The summed E-state index contributed by atoms with van der Waals surface area (Å²) >= 11 is 0. The molecule has 1 aliphatic carbocycles. The summed E-state index contributed by atoms with van der Waals surface area (Å²) in [6.45, 7) is 12.2. The number of morpholine rings is 1. The Hall–Kier alpha value is -0.120. The number of hydrogen-bond donors (Lipinski definition) is 1. The molecule has 3 heteroatoms. The van der Waals surface area contributed by atoms with Crippen molar-refractivity contribution in [1.29, 1.82) is 0 Å². The second-order valence-corrected chi connectivity index (χ2v) is 7.72. The second kappa shape index (κ2) is 5.71. The summed E-state index contributed by atoms with van der Waals surface area (Å²) in [5.74, 6) is 0.757. The third-order valence-corrected chi connectivity index (χ3v) is 4.72. The van der Waals surface area contributed by atoms with Crippen LogP contribution in [0.4, 0.5) is 0 Å². The average molecular weight is 269 g/mol. The molecule has 2 fully saturated rings. The van der Waals surface area contributed by atoms with Crippen LogP contribution in [0.2, 0.25) is 0 Å². The summed E-state index contributed by atoms with van der Waals surface area (Å²) in [6, 6.07) is 0. The molecule has 1 saturated heterocycles. The number of aliphatic hydroxyl groups is 1.